The lowest BCUT2D eigenvalue weighted by atomic mass is 10.1. The molecule has 0 radical (unpaired) electrons. The molecule has 4 nitrogen and oxygen atoms in total. The first kappa shape index (κ1) is 17.2. The van der Waals surface area contributed by atoms with Crippen LogP contribution in [0.4, 0.5) is 4.39 Å². The van der Waals surface area contributed by atoms with Gasteiger partial charge in [0.2, 0.25) is 0 Å². The number of carbonyl (C=O) groups is 1. The number of rotatable bonds is 4. The highest BCUT2D eigenvalue weighted by Crippen LogP contribution is 2.22. The average Bonchev–Trinajstić information content (AvgIpc) is 2.98. The van der Waals surface area contributed by atoms with Crippen molar-refractivity contribution in [3.05, 3.63) is 76.2 Å². The van der Waals surface area contributed by atoms with Gasteiger partial charge in [0.05, 0.1) is 5.69 Å². The van der Waals surface area contributed by atoms with Crippen molar-refractivity contribution < 1.29 is 9.18 Å². The van der Waals surface area contributed by atoms with E-state index in [9.17, 15) is 9.18 Å². The van der Waals surface area contributed by atoms with Gasteiger partial charge in [0.25, 0.3) is 5.91 Å². The lowest BCUT2D eigenvalue weighted by Crippen LogP contribution is -2.23. The van der Waals surface area contributed by atoms with Gasteiger partial charge in [-0.15, -0.1) is 0 Å². The minimum atomic E-state index is -0.291. The minimum absolute atomic E-state index is 0.261. The van der Waals surface area contributed by atoms with Crippen LogP contribution in [-0.4, -0.2) is 15.7 Å². The molecule has 0 spiro atoms. The summed E-state index contributed by atoms with van der Waals surface area (Å²) in [4.78, 5) is 12.4. The molecule has 0 unspecified atom stereocenters. The van der Waals surface area contributed by atoms with Gasteiger partial charge in [-0.3, -0.25) is 9.48 Å². The van der Waals surface area contributed by atoms with Crippen LogP contribution in [0.3, 0.4) is 0 Å². The van der Waals surface area contributed by atoms with E-state index in [0.29, 0.717) is 22.8 Å². The second kappa shape index (κ2) is 7.07. The first-order chi connectivity index (χ1) is 12.0. The first-order valence-corrected chi connectivity index (χ1v) is 8.15. The second-order valence-electron chi connectivity index (χ2n) is 5.78. The van der Waals surface area contributed by atoms with Crippen molar-refractivity contribution in [2.45, 2.75) is 13.5 Å². The van der Waals surface area contributed by atoms with E-state index in [-0.39, 0.29) is 11.7 Å². The SMILES string of the molecule is Cc1cc(-c2cc(C(=O)NCc3ccccc3Cl)nn2C)ccc1F. The lowest BCUT2D eigenvalue weighted by Gasteiger charge is -2.05. The van der Waals surface area contributed by atoms with Gasteiger partial charge in [0, 0.05) is 24.2 Å². The summed E-state index contributed by atoms with van der Waals surface area (Å²) in [5, 5.41) is 7.66. The number of amides is 1. The van der Waals surface area contributed by atoms with E-state index in [0.717, 1.165) is 16.8 Å². The maximum atomic E-state index is 13.4. The van der Waals surface area contributed by atoms with Crippen molar-refractivity contribution in [2.75, 3.05) is 0 Å². The molecule has 0 aliphatic carbocycles. The molecule has 1 aromatic heterocycles. The minimum Gasteiger partial charge on any atom is -0.347 e. The average molecular weight is 358 g/mol. The molecule has 0 aliphatic rings. The summed E-state index contributed by atoms with van der Waals surface area (Å²) in [6, 6.07) is 13.8. The molecule has 1 amide bonds. The Morgan fingerprint density at radius 3 is 2.72 bits per heavy atom. The molecule has 0 aliphatic heterocycles. The molecule has 128 valence electrons. The van der Waals surface area contributed by atoms with Gasteiger partial charge in [0.1, 0.15) is 5.82 Å². The number of hydrogen-bond acceptors (Lipinski definition) is 2. The lowest BCUT2D eigenvalue weighted by molar-refractivity contribution is 0.0945. The number of benzene rings is 2. The molecular formula is C19H17ClFN3O. The molecule has 25 heavy (non-hydrogen) atoms. The summed E-state index contributed by atoms with van der Waals surface area (Å²) in [6.45, 7) is 2.02. The molecule has 0 saturated heterocycles. The maximum Gasteiger partial charge on any atom is 0.272 e. The highest BCUT2D eigenvalue weighted by Gasteiger charge is 2.15. The summed E-state index contributed by atoms with van der Waals surface area (Å²) in [7, 11) is 1.75. The Labute approximate surface area is 150 Å². The van der Waals surface area contributed by atoms with Gasteiger partial charge in [-0.05, 0) is 48.4 Å². The molecule has 3 aromatic rings. The zero-order valence-electron chi connectivity index (χ0n) is 13.9. The summed E-state index contributed by atoms with van der Waals surface area (Å²) in [6.07, 6.45) is 0. The van der Waals surface area contributed by atoms with Crippen molar-refractivity contribution >= 4 is 17.5 Å². The Morgan fingerprint density at radius 1 is 1.24 bits per heavy atom. The van der Waals surface area contributed by atoms with Crippen LogP contribution in [0.25, 0.3) is 11.3 Å². The molecule has 0 fully saturated rings. The van der Waals surface area contributed by atoms with Crippen LogP contribution >= 0.6 is 11.6 Å². The second-order valence-corrected chi connectivity index (χ2v) is 6.18. The number of hydrogen-bond donors (Lipinski definition) is 1. The quantitative estimate of drug-likeness (QED) is 0.763. The normalized spacial score (nSPS) is 10.7. The summed E-state index contributed by atoms with van der Waals surface area (Å²) < 4.78 is 15.1. The Balaban J connectivity index is 1.78. The molecule has 0 bridgehead atoms. The van der Waals surface area contributed by atoms with Crippen LogP contribution in [-0.2, 0) is 13.6 Å². The highest BCUT2D eigenvalue weighted by molar-refractivity contribution is 6.31. The van der Waals surface area contributed by atoms with Crippen LogP contribution in [0.5, 0.6) is 0 Å². The van der Waals surface area contributed by atoms with E-state index >= 15 is 0 Å². The van der Waals surface area contributed by atoms with E-state index in [2.05, 4.69) is 10.4 Å². The third-order valence-electron chi connectivity index (χ3n) is 3.96. The molecular weight excluding hydrogens is 341 g/mol. The van der Waals surface area contributed by atoms with Crippen molar-refractivity contribution in [3.8, 4) is 11.3 Å². The topological polar surface area (TPSA) is 46.9 Å². The fraction of sp³-hybridized carbons (Fsp3) is 0.158. The van der Waals surface area contributed by atoms with Crippen LogP contribution in [0.1, 0.15) is 21.6 Å². The molecule has 3 rings (SSSR count). The molecule has 0 atom stereocenters. The third kappa shape index (κ3) is 3.72. The standard InChI is InChI=1S/C19H17ClFN3O/c1-12-9-13(7-8-16(12)21)18-10-17(23-24(18)2)19(25)22-11-14-5-3-4-6-15(14)20/h3-10H,11H2,1-2H3,(H,22,25). The zero-order chi connectivity index (χ0) is 18.0. The Bertz CT molecular complexity index is 936. The molecule has 2 aromatic carbocycles. The summed E-state index contributed by atoms with van der Waals surface area (Å²) in [5.74, 6) is -0.552. The van der Waals surface area contributed by atoms with Gasteiger partial charge >= 0.3 is 0 Å². The number of halogens is 2. The van der Waals surface area contributed by atoms with E-state index in [4.69, 9.17) is 11.6 Å². The fourth-order valence-corrected chi connectivity index (χ4v) is 2.76. The van der Waals surface area contributed by atoms with E-state index in [1.807, 2.05) is 18.2 Å². The number of nitrogens with zero attached hydrogens (tertiary/aromatic N) is 2. The van der Waals surface area contributed by atoms with E-state index in [1.165, 1.54) is 6.07 Å². The largest absolute Gasteiger partial charge is 0.347 e. The maximum absolute atomic E-state index is 13.4. The fourth-order valence-electron chi connectivity index (χ4n) is 2.56. The smallest absolute Gasteiger partial charge is 0.272 e. The number of aromatic nitrogens is 2. The van der Waals surface area contributed by atoms with Crippen LogP contribution in [0, 0.1) is 12.7 Å². The first-order valence-electron chi connectivity index (χ1n) is 7.78. The van der Waals surface area contributed by atoms with Crippen molar-refractivity contribution in [1.29, 1.82) is 0 Å². The Hall–Kier alpha value is -2.66. The van der Waals surface area contributed by atoms with Crippen molar-refractivity contribution in [2.24, 2.45) is 7.05 Å². The summed E-state index contributed by atoms with van der Waals surface area (Å²) >= 11 is 6.09. The Morgan fingerprint density at radius 2 is 2.00 bits per heavy atom. The molecule has 1 heterocycles. The monoisotopic (exact) mass is 357 g/mol. The van der Waals surface area contributed by atoms with Crippen molar-refractivity contribution in [1.82, 2.24) is 15.1 Å². The molecule has 0 saturated carbocycles. The highest BCUT2D eigenvalue weighted by atomic mass is 35.5. The predicted molar refractivity (Wildman–Crippen MR) is 96.0 cm³/mol. The van der Waals surface area contributed by atoms with Crippen LogP contribution in [0.2, 0.25) is 5.02 Å². The van der Waals surface area contributed by atoms with Crippen LogP contribution in [0.15, 0.2) is 48.5 Å². The number of nitrogens with one attached hydrogen (secondary N) is 1. The number of carbonyl (C=O) groups excluding carboxylic acids is 1. The van der Waals surface area contributed by atoms with Gasteiger partial charge < -0.3 is 5.32 Å². The predicted octanol–water partition coefficient (Wildman–Crippen LogP) is 4.12. The van der Waals surface area contributed by atoms with Crippen LogP contribution < -0.4 is 5.32 Å². The third-order valence-corrected chi connectivity index (χ3v) is 4.33. The molecule has 6 heteroatoms. The van der Waals surface area contributed by atoms with Crippen molar-refractivity contribution in [3.63, 3.8) is 0 Å². The number of aryl methyl sites for hydroxylation is 2. The van der Waals surface area contributed by atoms with Gasteiger partial charge in [-0.2, -0.15) is 5.10 Å². The zero-order valence-corrected chi connectivity index (χ0v) is 14.6. The summed E-state index contributed by atoms with van der Waals surface area (Å²) in [5.41, 5.74) is 3.22. The van der Waals surface area contributed by atoms with E-state index < -0.39 is 0 Å². The molecule has 1 N–H and O–H groups in total. The van der Waals surface area contributed by atoms with Gasteiger partial charge in [-0.1, -0.05) is 29.8 Å². The van der Waals surface area contributed by atoms with E-state index in [1.54, 1.807) is 42.9 Å². The van der Waals surface area contributed by atoms with Gasteiger partial charge in [-0.25, -0.2) is 4.39 Å². The van der Waals surface area contributed by atoms with Gasteiger partial charge in [0.15, 0.2) is 5.69 Å². The Kier molecular flexibility index (Phi) is 4.86.